The Balaban J connectivity index is 1.19. The van der Waals surface area contributed by atoms with Gasteiger partial charge in [0.25, 0.3) is 6.04 Å². The average molecular weight is 419 g/mol. The lowest BCUT2D eigenvalue weighted by molar-refractivity contribution is -0.542. The summed E-state index contributed by atoms with van der Waals surface area (Å²) in [6.07, 6.45) is 11.6. The number of hydrogen-bond acceptors (Lipinski definition) is 6. The van der Waals surface area contributed by atoms with Crippen molar-refractivity contribution in [1.29, 1.82) is 5.26 Å². The van der Waals surface area contributed by atoms with Crippen molar-refractivity contribution in [3.05, 3.63) is 47.3 Å². The summed E-state index contributed by atoms with van der Waals surface area (Å²) in [5.41, 5.74) is 3.86. The second-order valence-corrected chi connectivity index (χ2v) is 9.46. The van der Waals surface area contributed by atoms with Gasteiger partial charge in [-0.25, -0.2) is 0 Å². The van der Waals surface area contributed by atoms with Gasteiger partial charge in [0, 0.05) is 36.4 Å². The third kappa shape index (κ3) is 2.99. The van der Waals surface area contributed by atoms with Crippen LogP contribution in [0.15, 0.2) is 41.1 Å². The number of methoxy groups -OCH3 is 1. The minimum absolute atomic E-state index is 0.255. The summed E-state index contributed by atoms with van der Waals surface area (Å²) in [6, 6.07) is 3.86. The molecule has 4 unspecified atom stereocenters. The molecule has 4 aliphatic heterocycles. The Hall–Kier alpha value is -2.76. The molecule has 8 heteroatoms. The molecule has 31 heavy (non-hydrogen) atoms. The van der Waals surface area contributed by atoms with Gasteiger partial charge in [0.05, 0.1) is 24.9 Å². The van der Waals surface area contributed by atoms with Crippen LogP contribution in [0.2, 0.25) is 0 Å². The number of rotatable bonds is 4. The van der Waals surface area contributed by atoms with Crippen LogP contribution in [0.25, 0.3) is 5.57 Å². The molecule has 6 rings (SSSR count). The quantitative estimate of drug-likeness (QED) is 0.759. The highest BCUT2D eigenvalue weighted by molar-refractivity contribution is 5.75. The van der Waals surface area contributed by atoms with Crippen molar-refractivity contribution >= 4 is 5.57 Å². The molecule has 2 saturated heterocycles. The van der Waals surface area contributed by atoms with Crippen LogP contribution in [0.1, 0.15) is 36.6 Å². The molecule has 0 aromatic carbocycles. The monoisotopic (exact) mass is 418 g/mol. The average Bonchev–Trinajstić information content (AvgIpc) is 3.43. The Bertz CT molecular complexity index is 1070. The number of nitrogens with zero attached hydrogens (tertiary/aromatic N) is 6. The molecule has 1 aromatic rings. The largest absolute Gasteiger partial charge is 0.494 e. The Morgan fingerprint density at radius 3 is 2.90 bits per heavy atom. The first-order valence-corrected chi connectivity index (χ1v) is 11.2. The number of ether oxygens (including phenoxy) is 1. The van der Waals surface area contributed by atoms with Crippen molar-refractivity contribution < 1.29 is 9.43 Å². The van der Waals surface area contributed by atoms with Gasteiger partial charge in [0.2, 0.25) is 6.20 Å². The molecular formula is C23H28N7O+. The van der Waals surface area contributed by atoms with Gasteiger partial charge in [0.15, 0.2) is 5.76 Å². The third-order valence-electron chi connectivity index (χ3n) is 7.68. The van der Waals surface area contributed by atoms with E-state index in [0.29, 0.717) is 11.6 Å². The lowest BCUT2D eigenvalue weighted by Crippen LogP contribution is -2.55. The Labute approximate surface area is 182 Å². The van der Waals surface area contributed by atoms with Gasteiger partial charge >= 0.3 is 0 Å². The SMILES string of the molecule is COC1=CC(c2cnn(C3CN(C4CC5CNC(C5)C4)C3)c2C)=C[N+]2=NC=C(C#N)C12. The molecule has 0 radical (unpaired) electrons. The van der Waals surface area contributed by atoms with Gasteiger partial charge in [-0.3, -0.25) is 9.58 Å². The number of allylic oxidation sites excluding steroid dienone is 2. The molecule has 2 bridgehead atoms. The third-order valence-corrected chi connectivity index (χ3v) is 7.68. The van der Waals surface area contributed by atoms with Gasteiger partial charge < -0.3 is 10.1 Å². The van der Waals surface area contributed by atoms with E-state index in [1.54, 1.807) is 18.0 Å². The molecule has 8 nitrogen and oxygen atoms in total. The number of nitrogens with one attached hydrogen (secondary N) is 1. The van der Waals surface area contributed by atoms with Crippen molar-refractivity contribution in [3.63, 3.8) is 0 Å². The van der Waals surface area contributed by atoms with Crippen molar-refractivity contribution in [2.24, 2.45) is 11.0 Å². The number of likely N-dealkylation sites (tertiary alicyclic amines) is 1. The summed E-state index contributed by atoms with van der Waals surface area (Å²) >= 11 is 0. The minimum Gasteiger partial charge on any atom is -0.494 e. The van der Waals surface area contributed by atoms with Crippen LogP contribution < -0.4 is 5.32 Å². The smallest absolute Gasteiger partial charge is 0.277 e. The Morgan fingerprint density at radius 2 is 2.13 bits per heavy atom. The van der Waals surface area contributed by atoms with E-state index in [4.69, 9.17) is 9.84 Å². The van der Waals surface area contributed by atoms with Gasteiger partial charge in [-0.1, -0.05) is 4.70 Å². The maximum Gasteiger partial charge on any atom is 0.277 e. The zero-order chi connectivity index (χ0) is 21.1. The van der Waals surface area contributed by atoms with Crippen molar-refractivity contribution in [2.75, 3.05) is 26.7 Å². The normalized spacial score (nSPS) is 32.4. The van der Waals surface area contributed by atoms with Crippen molar-refractivity contribution in [3.8, 4) is 6.07 Å². The fraction of sp³-hybridized carbons (Fsp3) is 0.565. The van der Waals surface area contributed by atoms with Gasteiger partial charge in [-0.2, -0.15) is 10.4 Å². The van der Waals surface area contributed by atoms with E-state index in [-0.39, 0.29) is 6.04 Å². The summed E-state index contributed by atoms with van der Waals surface area (Å²) in [4.78, 5) is 2.66. The van der Waals surface area contributed by atoms with E-state index in [9.17, 15) is 5.26 Å². The lowest BCUT2D eigenvalue weighted by Gasteiger charge is -2.47. The summed E-state index contributed by atoms with van der Waals surface area (Å²) in [6.45, 7) is 5.53. The van der Waals surface area contributed by atoms with Crippen LogP contribution in [-0.4, -0.2) is 64.2 Å². The summed E-state index contributed by atoms with van der Waals surface area (Å²) < 4.78 is 9.60. The maximum absolute atomic E-state index is 9.36. The van der Waals surface area contributed by atoms with E-state index in [1.165, 1.54) is 31.5 Å². The molecule has 160 valence electrons. The van der Waals surface area contributed by atoms with E-state index in [1.807, 2.05) is 18.5 Å². The number of azo groups is 2. The molecule has 3 fully saturated rings. The molecule has 5 heterocycles. The van der Waals surface area contributed by atoms with Crippen LogP contribution in [0.4, 0.5) is 0 Å². The summed E-state index contributed by atoms with van der Waals surface area (Å²) in [5.74, 6) is 1.60. The number of hydrogen-bond donors (Lipinski definition) is 1. The number of nitriles is 1. The molecule has 0 amide bonds. The molecule has 1 aliphatic carbocycles. The molecule has 1 saturated carbocycles. The zero-order valence-corrected chi connectivity index (χ0v) is 18.0. The first-order valence-electron chi connectivity index (χ1n) is 11.2. The van der Waals surface area contributed by atoms with Crippen LogP contribution in [-0.2, 0) is 4.74 Å². The van der Waals surface area contributed by atoms with Crippen LogP contribution in [0.5, 0.6) is 0 Å². The second kappa shape index (κ2) is 7.14. The van der Waals surface area contributed by atoms with Gasteiger partial charge in [-0.15, -0.1) is 0 Å². The van der Waals surface area contributed by atoms with E-state index >= 15 is 0 Å². The summed E-state index contributed by atoms with van der Waals surface area (Å²) in [7, 11) is 1.65. The van der Waals surface area contributed by atoms with E-state index < -0.39 is 0 Å². The highest BCUT2D eigenvalue weighted by Gasteiger charge is 2.42. The highest BCUT2D eigenvalue weighted by Crippen LogP contribution is 2.37. The Kier molecular flexibility index (Phi) is 4.37. The summed E-state index contributed by atoms with van der Waals surface area (Å²) in [5, 5.41) is 22.2. The van der Waals surface area contributed by atoms with Gasteiger partial charge in [-0.05, 0) is 49.8 Å². The molecule has 1 N–H and O–H groups in total. The first kappa shape index (κ1) is 19.0. The highest BCUT2D eigenvalue weighted by atomic mass is 16.5. The maximum atomic E-state index is 9.36. The minimum atomic E-state index is -0.255. The van der Waals surface area contributed by atoms with E-state index in [2.05, 4.69) is 33.0 Å². The zero-order valence-electron chi connectivity index (χ0n) is 18.0. The predicted octanol–water partition coefficient (Wildman–Crippen LogP) is 2.33. The molecule has 5 aliphatic rings. The molecular weight excluding hydrogens is 390 g/mol. The second-order valence-electron chi connectivity index (χ2n) is 9.46. The molecule has 4 atom stereocenters. The van der Waals surface area contributed by atoms with Crippen molar-refractivity contribution in [1.82, 2.24) is 20.0 Å². The van der Waals surface area contributed by atoms with Gasteiger partial charge in [0.1, 0.15) is 17.8 Å². The standard InChI is InChI=1S/C23H28N7O/c1-14-21(16-5-22(31-2)23-17(7-24)9-26-29(23)11-16)10-27-30(14)20-12-28(13-20)19-4-15-3-18(6-19)25-8-15/h5,9-11,15,18-20,23,25H,3-4,6,8,12-13H2,1-2H3/q+1. The predicted molar refractivity (Wildman–Crippen MR) is 114 cm³/mol. The number of aromatic nitrogens is 2. The number of fused-ring (bicyclic) bond motifs is 3. The van der Waals surface area contributed by atoms with Crippen LogP contribution in [0.3, 0.4) is 0 Å². The first-order chi connectivity index (χ1) is 15.1. The van der Waals surface area contributed by atoms with Crippen LogP contribution >= 0.6 is 0 Å². The molecule has 0 spiro atoms. The lowest BCUT2D eigenvalue weighted by atomic mass is 9.84. The van der Waals surface area contributed by atoms with Crippen LogP contribution in [0, 0.1) is 24.2 Å². The van der Waals surface area contributed by atoms with Crippen molar-refractivity contribution in [2.45, 2.75) is 50.4 Å². The topological polar surface area (TPSA) is 81.5 Å². The Morgan fingerprint density at radius 1 is 1.26 bits per heavy atom. The fourth-order valence-corrected chi connectivity index (χ4v) is 6.00. The van der Waals surface area contributed by atoms with E-state index in [0.717, 1.165) is 48.0 Å². The fourth-order valence-electron chi connectivity index (χ4n) is 6.00. The molecule has 1 aromatic heterocycles.